The lowest BCUT2D eigenvalue weighted by Crippen LogP contribution is -2.35. The number of hydrogen-bond donors (Lipinski definition) is 2. The van der Waals surface area contributed by atoms with Crippen LogP contribution in [0.15, 0.2) is 53.6 Å². The van der Waals surface area contributed by atoms with Gasteiger partial charge in [-0.1, -0.05) is 30.3 Å². The van der Waals surface area contributed by atoms with Crippen molar-refractivity contribution in [1.82, 2.24) is 10.3 Å². The molecule has 1 amide bonds. The van der Waals surface area contributed by atoms with E-state index in [1.807, 2.05) is 12.1 Å². The van der Waals surface area contributed by atoms with Gasteiger partial charge in [0, 0.05) is 30.8 Å². The van der Waals surface area contributed by atoms with Gasteiger partial charge in [0.05, 0.1) is 25.0 Å². The van der Waals surface area contributed by atoms with Gasteiger partial charge in [-0.25, -0.2) is 10.2 Å². The van der Waals surface area contributed by atoms with Crippen LogP contribution < -0.4 is 5.43 Å². The van der Waals surface area contributed by atoms with Crippen LogP contribution in [-0.4, -0.2) is 54.4 Å². The fraction of sp³-hybridized carbons (Fsp3) is 0.250. The Morgan fingerprint density at radius 3 is 2.52 bits per heavy atom. The van der Waals surface area contributed by atoms with Crippen molar-refractivity contribution >= 4 is 18.1 Å². The molecule has 0 atom stereocenters. The van der Waals surface area contributed by atoms with Crippen LogP contribution in [0, 0.1) is 0 Å². The molecule has 0 radical (unpaired) electrons. The van der Waals surface area contributed by atoms with Gasteiger partial charge in [0.15, 0.2) is 0 Å². The van der Waals surface area contributed by atoms with Crippen LogP contribution in [0.5, 0.6) is 0 Å². The number of morpholine rings is 1. The number of hydrazone groups is 1. The van der Waals surface area contributed by atoms with Crippen molar-refractivity contribution in [3.05, 3.63) is 70.8 Å². The minimum atomic E-state index is -1.04. The SMILES string of the molecule is O=C(N/N=C\c1ccccc1C(=O)O)c1ccc(CN2CCOCC2)cc1. The lowest BCUT2D eigenvalue weighted by molar-refractivity contribution is 0.0342. The second kappa shape index (κ2) is 9.07. The second-order valence-electron chi connectivity index (χ2n) is 6.18. The Morgan fingerprint density at radius 1 is 1.11 bits per heavy atom. The molecule has 1 saturated heterocycles. The summed E-state index contributed by atoms with van der Waals surface area (Å²) >= 11 is 0. The summed E-state index contributed by atoms with van der Waals surface area (Å²) in [6.45, 7) is 4.16. The third kappa shape index (κ3) is 5.22. The van der Waals surface area contributed by atoms with Crippen LogP contribution >= 0.6 is 0 Å². The predicted molar refractivity (Wildman–Crippen MR) is 101 cm³/mol. The standard InChI is InChI=1S/C20H21N3O4/c24-19(22-21-13-17-3-1-2-4-18(17)20(25)26)16-7-5-15(6-8-16)14-23-9-11-27-12-10-23/h1-8,13H,9-12,14H2,(H,22,24)(H,25,26)/b21-13-. The third-order valence-electron chi connectivity index (χ3n) is 4.29. The largest absolute Gasteiger partial charge is 0.478 e. The highest BCUT2D eigenvalue weighted by molar-refractivity contribution is 5.99. The summed E-state index contributed by atoms with van der Waals surface area (Å²) in [7, 11) is 0. The number of ether oxygens (including phenoxy) is 1. The maximum Gasteiger partial charge on any atom is 0.336 e. The first-order valence-electron chi connectivity index (χ1n) is 8.68. The molecule has 140 valence electrons. The highest BCUT2D eigenvalue weighted by atomic mass is 16.5. The zero-order chi connectivity index (χ0) is 19.1. The van der Waals surface area contributed by atoms with E-state index >= 15 is 0 Å². The second-order valence-corrected chi connectivity index (χ2v) is 6.18. The number of nitrogens with zero attached hydrogens (tertiary/aromatic N) is 2. The minimum Gasteiger partial charge on any atom is -0.478 e. The maximum absolute atomic E-state index is 12.2. The van der Waals surface area contributed by atoms with Crippen molar-refractivity contribution in [2.75, 3.05) is 26.3 Å². The molecule has 7 nitrogen and oxygen atoms in total. The van der Waals surface area contributed by atoms with E-state index in [9.17, 15) is 9.59 Å². The lowest BCUT2D eigenvalue weighted by atomic mass is 10.1. The summed E-state index contributed by atoms with van der Waals surface area (Å²) in [5, 5.41) is 13.0. The highest BCUT2D eigenvalue weighted by Crippen LogP contribution is 2.10. The topological polar surface area (TPSA) is 91.2 Å². The maximum atomic E-state index is 12.2. The Balaban J connectivity index is 1.57. The molecule has 0 spiro atoms. The number of carboxylic acid groups (broad SMARTS) is 1. The zero-order valence-corrected chi connectivity index (χ0v) is 14.8. The average molecular weight is 367 g/mol. The van der Waals surface area contributed by atoms with Crippen LogP contribution in [-0.2, 0) is 11.3 Å². The summed E-state index contributed by atoms with van der Waals surface area (Å²) in [5.74, 6) is -1.39. The molecule has 0 saturated carbocycles. The first-order chi connectivity index (χ1) is 13.1. The fourth-order valence-electron chi connectivity index (χ4n) is 2.81. The number of amides is 1. The lowest BCUT2D eigenvalue weighted by Gasteiger charge is -2.26. The predicted octanol–water partition coefficient (Wildman–Crippen LogP) is 1.98. The number of carbonyl (C=O) groups excluding carboxylic acids is 1. The van der Waals surface area contributed by atoms with E-state index in [0.29, 0.717) is 11.1 Å². The van der Waals surface area contributed by atoms with Crippen LogP contribution in [0.25, 0.3) is 0 Å². The number of rotatable bonds is 6. The number of carboxylic acids is 1. The number of aromatic carboxylic acids is 1. The minimum absolute atomic E-state index is 0.128. The molecule has 2 N–H and O–H groups in total. The van der Waals surface area contributed by atoms with E-state index in [-0.39, 0.29) is 11.5 Å². The van der Waals surface area contributed by atoms with Gasteiger partial charge in [-0.2, -0.15) is 5.10 Å². The molecule has 3 rings (SSSR count). The molecule has 0 bridgehead atoms. The number of nitrogens with one attached hydrogen (secondary N) is 1. The Hall–Kier alpha value is -3.03. The molecule has 1 aliphatic heterocycles. The Labute approximate surface area is 157 Å². The quantitative estimate of drug-likeness (QED) is 0.602. The fourth-order valence-corrected chi connectivity index (χ4v) is 2.81. The monoisotopic (exact) mass is 367 g/mol. The van der Waals surface area contributed by atoms with E-state index in [1.54, 1.807) is 30.3 Å². The average Bonchev–Trinajstić information content (AvgIpc) is 2.69. The van der Waals surface area contributed by atoms with Gasteiger partial charge in [0.2, 0.25) is 0 Å². The van der Waals surface area contributed by atoms with Crippen molar-refractivity contribution in [2.24, 2.45) is 5.10 Å². The van der Waals surface area contributed by atoms with E-state index < -0.39 is 5.97 Å². The first-order valence-corrected chi connectivity index (χ1v) is 8.68. The molecular weight excluding hydrogens is 346 g/mol. The van der Waals surface area contributed by atoms with Gasteiger partial charge in [-0.05, 0) is 23.8 Å². The smallest absolute Gasteiger partial charge is 0.336 e. The van der Waals surface area contributed by atoms with E-state index in [1.165, 1.54) is 12.3 Å². The molecule has 7 heteroatoms. The summed E-state index contributed by atoms with van der Waals surface area (Å²) < 4.78 is 5.34. The zero-order valence-electron chi connectivity index (χ0n) is 14.8. The molecule has 27 heavy (non-hydrogen) atoms. The molecule has 0 aliphatic carbocycles. The van der Waals surface area contributed by atoms with Gasteiger partial charge in [0.1, 0.15) is 0 Å². The van der Waals surface area contributed by atoms with E-state index in [2.05, 4.69) is 15.4 Å². The molecule has 1 fully saturated rings. The molecular formula is C20H21N3O4. The van der Waals surface area contributed by atoms with Gasteiger partial charge in [-0.3, -0.25) is 9.69 Å². The van der Waals surface area contributed by atoms with Crippen LogP contribution in [0.2, 0.25) is 0 Å². The van der Waals surface area contributed by atoms with Crippen molar-refractivity contribution in [3.8, 4) is 0 Å². The molecule has 2 aromatic carbocycles. The van der Waals surface area contributed by atoms with Crippen molar-refractivity contribution in [1.29, 1.82) is 0 Å². The number of benzene rings is 2. The molecule has 1 aliphatic rings. The Morgan fingerprint density at radius 2 is 1.81 bits per heavy atom. The van der Waals surface area contributed by atoms with Crippen LogP contribution in [0.1, 0.15) is 31.8 Å². The first kappa shape index (κ1) is 18.8. The van der Waals surface area contributed by atoms with Gasteiger partial charge < -0.3 is 9.84 Å². The van der Waals surface area contributed by atoms with Gasteiger partial charge in [0.25, 0.3) is 5.91 Å². The van der Waals surface area contributed by atoms with E-state index in [0.717, 1.165) is 38.4 Å². The molecule has 2 aromatic rings. The Bertz CT molecular complexity index is 827. The highest BCUT2D eigenvalue weighted by Gasteiger charge is 2.11. The van der Waals surface area contributed by atoms with Crippen molar-refractivity contribution in [2.45, 2.75) is 6.54 Å². The number of carbonyl (C=O) groups is 2. The third-order valence-corrected chi connectivity index (χ3v) is 4.29. The van der Waals surface area contributed by atoms with Gasteiger partial charge in [-0.15, -0.1) is 0 Å². The summed E-state index contributed by atoms with van der Waals surface area (Å²) in [4.78, 5) is 25.7. The van der Waals surface area contributed by atoms with Gasteiger partial charge >= 0.3 is 5.97 Å². The van der Waals surface area contributed by atoms with Crippen molar-refractivity contribution < 1.29 is 19.4 Å². The normalized spacial score (nSPS) is 15.0. The molecule has 1 heterocycles. The van der Waals surface area contributed by atoms with E-state index in [4.69, 9.17) is 9.84 Å². The summed E-state index contributed by atoms with van der Waals surface area (Å²) in [6.07, 6.45) is 1.33. The summed E-state index contributed by atoms with van der Waals surface area (Å²) in [5.41, 5.74) is 4.60. The van der Waals surface area contributed by atoms with Crippen LogP contribution in [0.4, 0.5) is 0 Å². The number of hydrogen-bond acceptors (Lipinski definition) is 5. The van der Waals surface area contributed by atoms with Crippen LogP contribution in [0.3, 0.4) is 0 Å². The molecule has 0 unspecified atom stereocenters. The summed E-state index contributed by atoms with van der Waals surface area (Å²) in [6, 6.07) is 13.8. The Kier molecular flexibility index (Phi) is 6.30. The molecule has 0 aromatic heterocycles. The van der Waals surface area contributed by atoms with Crippen molar-refractivity contribution in [3.63, 3.8) is 0 Å².